The first-order chi connectivity index (χ1) is 8.83. The molecule has 0 atom stereocenters. The molecule has 0 unspecified atom stereocenters. The number of carbonyl (C=O) groups is 1. The summed E-state index contributed by atoms with van der Waals surface area (Å²) in [4.78, 5) is 10.8. The lowest BCUT2D eigenvalue weighted by Crippen LogP contribution is -1.98. The molecule has 0 saturated heterocycles. The fourth-order valence-corrected chi connectivity index (χ4v) is 1.59. The minimum absolute atomic E-state index is 0.425. The molecule has 0 radical (unpaired) electrons. The molecule has 0 fully saturated rings. The van der Waals surface area contributed by atoms with Gasteiger partial charge in [0.1, 0.15) is 18.1 Å². The molecule has 0 aliphatic carbocycles. The number of aldehydes is 1. The second kappa shape index (κ2) is 5.87. The van der Waals surface area contributed by atoms with Gasteiger partial charge in [-0.05, 0) is 29.8 Å². The molecule has 2 aromatic rings. The standard InChI is InChI=1S/C15H14O3/c1-17-14-8-6-12(7-9-14)11-18-15-5-3-2-4-13(15)10-16/h2-10H,11H2,1H3. The number of carbonyl (C=O) groups excluding carboxylic acids is 1. The molecule has 0 aliphatic rings. The second-order valence-corrected chi connectivity index (χ2v) is 3.79. The molecule has 0 spiro atoms. The zero-order valence-electron chi connectivity index (χ0n) is 10.1. The predicted octanol–water partition coefficient (Wildman–Crippen LogP) is 3.09. The van der Waals surface area contributed by atoms with Gasteiger partial charge in [-0.2, -0.15) is 0 Å². The molecule has 0 bridgehead atoms. The van der Waals surface area contributed by atoms with Crippen molar-refractivity contribution in [3.05, 3.63) is 59.7 Å². The van der Waals surface area contributed by atoms with E-state index in [0.717, 1.165) is 17.6 Å². The van der Waals surface area contributed by atoms with Crippen LogP contribution in [0.25, 0.3) is 0 Å². The predicted molar refractivity (Wildman–Crippen MR) is 69.2 cm³/mol. The van der Waals surface area contributed by atoms with Gasteiger partial charge in [0, 0.05) is 0 Å². The third kappa shape index (κ3) is 2.88. The van der Waals surface area contributed by atoms with Crippen molar-refractivity contribution in [2.45, 2.75) is 6.61 Å². The maximum atomic E-state index is 10.8. The first-order valence-electron chi connectivity index (χ1n) is 5.63. The summed E-state index contributed by atoms with van der Waals surface area (Å²) in [6, 6.07) is 14.8. The van der Waals surface area contributed by atoms with E-state index in [2.05, 4.69) is 0 Å². The first-order valence-corrected chi connectivity index (χ1v) is 5.63. The molecule has 3 heteroatoms. The largest absolute Gasteiger partial charge is 0.497 e. The number of hydrogen-bond donors (Lipinski definition) is 0. The van der Waals surface area contributed by atoms with Crippen LogP contribution in [0.15, 0.2) is 48.5 Å². The van der Waals surface area contributed by atoms with E-state index in [1.54, 1.807) is 19.2 Å². The van der Waals surface area contributed by atoms with Crippen LogP contribution in [0.2, 0.25) is 0 Å². The quantitative estimate of drug-likeness (QED) is 0.756. The average molecular weight is 242 g/mol. The van der Waals surface area contributed by atoms with Gasteiger partial charge < -0.3 is 9.47 Å². The van der Waals surface area contributed by atoms with Gasteiger partial charge in [0.05, 0.1) is 12.7 Å². The number of benzene rings is 2. The van der Waals surface area contributed by atoms with Crippen molar-refractivity contribution in [1.82, 2.24) is 0 Å². The molecule has 0 N–H and O–H groups in total. The highest BCUT2D eigenvalue weighted by molar-refractivity contribution is 5.79. The zero-order chi connectivity index (χ0) is 12.8. The Balaban J connectivity index is 2.04. The van der Waals surface area contributed by atoms with Gasteiger partial charge in [-0.3, -0.25) is 4.79 Å². The van der Waals surface area contributed by atoms with Crippen LogP contribution in [0.5, 0.6) is 11.5 Å². The highest BCUT2D eigenvalue weighted by Crippen LogP contribution is 2.18. The van der Waals surface area contributed by atoms with Crippen molar-refractivity contribution in [2.24, 2.45) is 0 Å². The van der Waals surface area contributed by atoms with Gasteiger partial charge in [-0.15, -0.1) is 0 Å². The smallest absolute Gasteiger partial charge is 0.153 e. The molecule has 0 amide bonds. The molecule has 2 rings (SSSR count). The summed E-state index contributed by atoms with van der Waals surface area (Å²) < 4.78 is 10.7. The Labute approximate surface area is 106 Å². The van der Waals surface area contributed by atoms with Gasteiger partial charge in [-0.1, -0.05) is 24.3 Å². The summed E-state index contributed by atoms with van der Waals surface area (Å²) in [5, 5.41) is 0. The molecular formula is C15H14O3. The lowest BCUT2D eigenvalue weighted by atomic mass is 10.2. The van der Waals surface area contributed by atoms with E-state index < -0.39 is 0 Å². The van der Waals surface area contributed by atoms with Crippen molar-refractivity contribution in [3.8, 4) is 11.5 Å². The Hall–Kier alpha value is -2.29. The molecular weight excluding hydrogens is 228 g/mol. The SMILES string of the molecule is COc1ccc(COc2ccccc2C=O)cc1. The van der Waals surface area contributed by atoms with Crippen molar-refractivity contribution in [1.29, 1.82) is 0 Å². The average Bonchev–Trinajstić information content (AvgIpc) is 2.46. The van der Waals surface area contributed by atoms with E-state index >= 15 is 0 Å². The highest BCUT2D eigenvalue weighted by atomic mass is 16.5. The molecule has 0 aliphatic heterocycles. The topological polar surface area (TPSA) is 35.5 Å². The van der Waals surface area contributed by atoms with Gasteiger partial charge in [0.2, 0.25) is 0 Å². The van der Waals surface area contributed by atoms with Crippen LogP contribution in [0.4, 0.5) is 0 Å². The van der Waals surface area contributed by atoms with E-state index in [1.165, 1.54) is 0 Å². The number of hydrogen-bond acceptors (Lipinski definition) is 3. The van der Waals surface area contributed by atoms with E-state index in [9.17, 15) is 4.79 Å². The Morgan fingerprint density at radius 3 is 2.44 bits per heavy atom. The van der Waals surface area contributed by atoms with Crippen molar-refractivity contribution in [2.75, 3.05) is 7.11 Å². The fourth-order valence-electron chi connectivity index (χ4n) is 1.59. The van der Waals surface area contributed by atoms with Gasteiger partial charge >= 0.3 is 0 Å². The highest BCUT2D eigenvalue weighted by Gasteiger charge is 2.02. The normalized spacial score (nSPS) is 9.83. The minimum Gasteiger partial charge on any atom is -0.497 e. The van der Waals surface area contributed by atoms with Gasteiger partial charge in [0.25, 0.3) is 0 Å². The van der Waals surface area contributed by atoms with Crippen LogP contribution in [0, 0.1) is 0 Å². The third-order valence-corrected chi connectivity index (χ3v) is 2.60. The molecule has 3 nitrogen and oxygen atoms in total. The Morgan fingerprint density at radius 2 is 1.78 bits per heavy atom. The molecule has 18 heavy (non-hydrogen) atoms. The number of methoxy groups -OCH3 is 1. The van der Waals surface area contributed by atoms with E-state index in [4.69, 9.17) is 9.47 Å². The van der Waals surface area contributed by atoms with Crippen LogP contribution in [0.3, 0.4) is 0 Å². The van der Waals surface area contributed by atoms with E-state index in [-0.39, 0.29) is 0 Å². The lowest BCUT2D eigenvalue weighted by Gasteiger charge is -2.08. The molecule has 92 valence electrons. The van der Waals surface area contributed by atoms with Crippen LogP contribution < -0.4 is 9.47 Å². The third-order valence-electron chi connectivity index (χ3n) is 2.60. The minimum atomic E-state index is 0.425. The molecule has 2 aromatic carbocycles. The van der Waals surface area contributed by atoms with Crippen LogP contribution in [0.1, 0.15) is 15.9 Å². The maximum Gasteiger partial charge on any atom is 0.153 e. The van der Waals surface area contributed by atoms with Crippen molar-refractivity contribution < 1.29 is 14.3 Å². The summed E-state index contributed by atoms with van der Waals surface area (Å²) in [6.07, 6.45) is 0.795. The summed E-state index contributed by atoms with van der Waals surface area (Å²) in [7, 11) is 1.63. The molecule has 0 heterocycles. The van der Waals surface area contributed by atoms with Gasteiger partial charge in [-0.25, -0.2) is 0 Å². The summed E-state index contributed by atoms with van der Waals surface area (Å²) >= 11 is 0. The summed E-state index contributed by atoms with van der Waals surface area (Å²) in [5.41, 5.74) is 1.59. The maximum absolute atomic E-state index is 10.8. The monoisotopic (exact) mass is 242 g/mol. The second-order valence-electron chi connectivity index (χ2n) is 3.79. The molecule has 0 saturated carbocycles. The number of rotatable bonds is 5. The Bertz CT molecular complexity index is 518. The lowest BCUT2D eigenvalue weighted by molar-refractivity contribution is 0.111. The fraction of sp³-hybridized carbons (Fsp3) is 0.133. The number of para-hydroxylation sites is 1. The summed E-state index contributed by atoms with van der Waals surface area (Å²) in [6.45, 7) is 0.425. The molecule has 0 aromatic heterocycles. The Kier molecular flexibility index (Phi) is 3.97. The Morgan fingerprint density at radius 1 is 1.06 bits per heavy atom. The van der Waals surface area contributed by atoms with E-state index in [0.29, 0.717) is 17.9 Å². The van der Waals surface area contributed by atoms with Crippen LogP contribution >= 0.6 is 0 Å². The van der Waals surface area contributed by atoms with Crippen LogP contribution in [-0.2, 0) is 6.61 Å². The number of ether oxygens (including phenoxy) is 2. The zero-order valence-corrected chi connectivity index (χ0v) is 10.1. The van der Waals surface area contributed by atoms with Crippen molar-refractivity contribution in [3.63, 3.8) is 0 Å². The van der Waals surface area contributed by atoms with Crippen LogP contribution in [-0.4, -0.2) is 13.4 Å². The summed E-state index contributed by atoms with van der Waals surface area (Å²) in [5.74, 6) is 1.41. The van der Waals surface area contributed by atoms with Crippen molar-refractivity contribution >= 4 is 6.29 Å². The first kappa shape index (κ1) is 12.2. The van der Waals surface area contributed by atoms with Gasteiger partial charge in [0.15, 0.2) is 6.29 Å². The van der Waals surface area contributed by atoms with E-state index in [1.807, 2.05) is 36.4 Å².